The van der Waals surface area contributed by atoms with E-state index in [2.05, 4.69) is 10.4 Å². The summed E-state index contributed by atoms with van der Waals surface area (Å²) in [6.45, 7) is 1.55. The molecule has 1 atom stereocenters. The van der Waals surface area contributed by atoms with Crippen molar-refractivity contribution in [2.75, 3.05) is 26.8 Å². The minimum atomic E-state index is -0.748. The maximum absolute atomic E-state index is 11.3. The lowest BCUT2D eigenvalue weighted by atomic mass is 10.3. The van der Waals surface area contributed by atoms with Gasteiger partial charge in [0, 0.05) is 32.3 Å². The predicted molar refractivity (Wildman–Crippen MR) is 62.1 cm³/mol. The van der Waals surface area contributed by atoms with Crippen LogP contribution in [0.4, 0.5) is 0 Å². The highest BCUT2D eigenvalue weighted by molar-refractivity contribution is 4.86. The third kappa shape index (κ3) is 4.94. The summed E-state index contributed by atoms with van der Waals surface area (Å²) in [6.07, 6.45) is -0.748. The minimum Gasteiger partial charge on any atom is -0.390 e. The van der Waals surface area contributed by atoms with Gasteiger partial charge in [-0.15, -0.1) is 0 Å². The standard InChI is InChI=1S/C10H17N3O4/c1-17-5-4-11-6-8(14)7-13-10(16)3-2-9(15)12-13/h2-3,8,11,14H,4-7H2,1H3,(H,12,15). The zero-order valence-electron chi connectivity index (χ0n) is 9.68. The Balaban J connectivity index is 2.45. The number of ether oxygens (including phenoxy) is 1. The van der Waals surface area contributed by atoms with Gasteiger partial charge in [0.1, 0.15) is 0 Å². The maximum Gasteiger partial charge on any atom is 0.265 e. The Bertz CT molecular complexity index is 440. The van der Waals surface area contributed by atoms with Gasteiger partial charge in [-0.3, -0.25) is 14.7 Å². The van der Waals surface area contributed by atoms with Crippen LogP contribution >= 0.6 is 0 Å². The summed E-state index contributed by atoms with van der Waals surface area (Å²) in [5, 5.41) is 14.9. The number of nitrogens with one attached hydrogen (secondary N) is 2. The van der Waals surface area contributed by atoms with Crippen LogP contribution in [0.25, 0.3) is 0 Å². The number of aromatic nitrogens is 2. The van der Waals surface area contributed by atoms with Gasteiger partial charge in [0.05, 0.1) is 19.3 Å². The molecule has 0 bridgehead atoms. The lowest BCUT2D eigenvalue weighted by Gasteiger charge is -2.12. The monoisotopic (exact) mass is 243 g/mol. The zero-order valence-corrected chi connectivity index (χ0v) is 9.68. The Morgan fingerprint density at radius 2 is 2.29 bits per heavy atom. The van der Waals surface area contributed by atoms with E-state index in [1.165, 1.54) is 6.07 Å². The van der Waals surface area contributed by atoms with Gasteiger partial charge in [-0.2, -0.15) is 0 Å². The molecule has 1 rings (SSSR count). The van der Waals surface area contributed by atoms with Gasteiger partial charge < -0.3 is 15.2 Å². The molecule has 0 saturated heterocycles. The largest absolute Gasteiger partial charge is 0.390 e. The number of aromatic amines is 1. The van der Waals surface area contributed by atoms with E-state index in [4.69, 9.17) is 4.74 Å². The van der Waals surface area contributed by atoms with Crippen molar-refractivity contribution in [2.45, 2.75) is 12.6 Å². The highest BCUT2D eigenvalue weighted by atomic mass is 16.5. The second-order valence-electron chi connectivity index (χ2n) is 3.61. The Morgan fingerprint density at radius 1 is 1.53 bits per heavy atom. The van der Waals surface area contributed by atoms with E-state index < -0.39 is 6.10 Å². The first-order valence-corrected chi connectivity index (χ1v) is 5.31. The number of aliphatic hydroxyl groups is 1. The molecule has 0 spiro atoms. The van der Waals surface area contributed by atoms with Crippen molar-refractivity contribution in [1.29, 1.82) is 0 Å². The number of nitrogens with zero attached hydrogens (tertiary/aromatic N) is 1. The highest BCUT2D eigenvalue weighted by Gasteiger charge is 2.06. The predicted octanol–water partition coefficient (Wildman–Crippen LogP) is -1.87. The van der Waals surface area contributed by atoms with E-state index in [1.54, 1.807) is 7.11 Å². The summed E-state index contributed by atoms with van der Waals surface area (Å²) in [4.78, 5) is 22.3. The summed E-state index contributed by atoms with van der Waals surface area (Å²) in [5.41, 5.74) is -0.718. The summed E-state index contributed by atoms with van der Waals surface area (Å²) in [6, 6.07) is 2.33. The molecule has 7 nitrogen and oxygen atoms in total. The lowest BCUT2D eigenvalue weighted by molar-refractivity contribution is 0.138. The number of H-pyrrole nitrogens is 1. The van der Waals surface area contributed by atoms with Gasteiger partial charge in [0.15, 0.2) is 0 Å². The van der Waals surface area contributed by atoms with Crippen molar-refractivity contribution in [3.63, 3.8) is 0 Å². The van der Waals surface area contributed by atoms with Crippen LogP contribution < -0.4 is 16.4 Å². The van der Waals surface area contributed by atoms with Crippen LogP contribution in [-0.2, 0) is 11.3 Å². The molecule has 0 amide bonds. The third-order valence-corrected chi connectivity index (χ3v) is 2.14. The van der Waals surface area contributed by atoms with Gasteiger partial charge in [-0.05, 0) is 0 Å². The van der Waals surface area contributed by atoms with E-state index in [0.717, 1.165) is 10.7 Å². The fourth-order valence-electron chi connectivity index (χ4n) is 1.32. The first-order chi connectivity index (χ1) is 8.13. The van der Waals surface area contributed by atoms with Crippen LogP contribution in [0, 0.1) is 0 Å². The van der Waals surface area contributed by atoms with Crippen LogP contribution in [0.15, 0.2) is 21.7 Å². The SMILES string of the molecule is COCCNCC(O)Cn1[nH]c(=O)ccc1=O. The molecule has 1 aromatic heterocycles. The average Bonchev–Trinajstić information content (AvgIpc) is 2.29. The second kappa shape index (κ2) is 7.00. The van der Waals surface area contributed by atoms with Crippen LogP contribution in [-0.4, -0.2) is 47.8 Å². The van der Waals surface area contributed by atoms with Crippen molar-refractivity contribution in [2.24, 2.45) is 0 Å². The molecule has 0 aliphatic carbocycles. The Morgan fingerprint density at radius 3 is 3.00 bits per heavy atom. The molecular weight excluding hydrogens is 226 g/mol. The minimum absolute atomic E-state index is 0.0505. The van der Waals surface area contributed by atoms with Crippen LogP contribution in [0.2, 0.25) is 0 Å². The molecule has 96 valence electrons. The van der Waals surface area contributed by atoms with Crippen molar-refractivity contribution < 1.29 is 9.84 Å². The molecular formula is C10H17N3O4. The lowest BCUT2D eigenvalue weighted by Crippen LogP contribution is -2.37. The van der Waals surface area contributed by atoms with Crippen molar-refractivity contribution in [3.05, 3.63) is 32.8 Å². The highest BCUT2D eigenvalue weighted by Crippen LogP contribution is 1.84. The first kappa shape index (κ1) is 13.6. The summed E-state index contributed by atoms with van der Waals surface area (Å²) < 4.78 is 5.92. The topological polar surface area (TPSA) is 96.3 Å². The molecule has 3 N–H and O–H groups in total. The number of methoxy groups -OCH3 is 1. The molecule has 17 heavy (non-hydrogen) atoms. The van der Waals surface area contributed by atoms with E-state index in [-0.39, 0.29) is 17.7 Å². The molecule has 0 aliphatic rings. The maximum atomic E-state index is 11.3. The van der Waals surface area contributed by atoms with Crippen LogP contribution in [0.1, 0.15) is 0 Å². The van der Waals surface area contributed by atoms with Gasteiger partial charge in [-0.25, -0.2) is 4.68 Å². The van der Waals surface area contributed by atoms with Gasteiger partial charge in [0.2, 0.25) is 0 Å². The summed E-state index contributed by atoms with van der Waals surface area (Å²) in [5.74, 6) is 0. The molecule has 7 heteroatoms. The molecule has 0 radical (unpaired) electrons. The third-order valence-electron chi connectivity index (χ3n) is 2.14. The summed E-state index contributed by atoms with van der Waals surface area (Å²) >= 11 is 0. The number of aliphatic hydroxyl groups excluding tert-OH is 1. The van der Waals surface area contributed by atoms with Gasteiger partial charge in [-0.1, -0.05) is 0 Å². The quantitative estimate of drug-likeness (QED) is 0.488. The molecule has 0 aliphatic heterocycles. The molecule has 0 aromatic carbocycles. The van der Waals surface area contributed by atoms with Crippen LogP contribution in [0.5, 0.6) is 0 Å². The Labute approximate surface area is 98.0 Å². The normalized spacial score (nSPS) is 12.6. The molecule has 1 heterocycles. The molecule has 0 fully saturated rings. The number of hydrogen-bond donors (Lipinski definition) is 3. The molecule has 1 unspecified atom stereocenters. The molecule has 0 saturated carbocycles. The molecule has 1 aromatic rings. The fraction of sp³-hybridized carbons (Fsp3) is 0.600. The second-order valence-corrected chi connectivity index (χ2v) is 3.61. The smallest absolute Gasteiger partial charge is 0.265 e. The van der Waals surface area contributed by atoms with Gasteiger partial charge in [0.25, 0.3) is 11.1 Å². The average molecular weight is 243 g/mol. The Kier molecular flexibility index (Phi) is 5.61. The van der Waals surface area contributed by atoms with Crippen molar-refractivity contribution in [3.8, 4) is 0 Å². The van der Waals surface area contributed by atoms with E-state index in [1.807, 2.05) is 0 Å². The van der Waals surface area contributed by atoms with Crippen molar-refractivity contribution in [1.82, 2.24) is 15.1 Å². The number of rotatable bonds is 7. The summed E-state index contributed by atoms with van der Waals surface area (Å²) in [7, 11) is 1.59. The first-order valence-electron chi connectivity index (χ1n) is 5.31. The fourth-order valence-corrected chi connectivity index (χ4v) is 1.32. The zero-order chi connectivity index (χ0) is 12.7. The van der Waals surface area contributed by atoms with E-state index in [0.29, 0.717) is 19.7 Å². The van der Waals surface area contributed by atoms with E-state index in [9.17, 15) is 14.7 Å². The van der Waals surface area contributed by atoms with Crippen LogP contribution in [0.3, 0.4) is 0 Å². The van der Waals surface area contributed by atoms with Crippen molar-refractivity contribution >= 4 is 0 Å². The Hall–Kier alpha value is -1.44. The number of hydrogen-bond acceptors (Lipinski definition) is 5. The van der Waals surface area contributed by atoms with E-state index >= 15 is 0 Å². The van der Waals surface area contributed by atoms with Gasteiger partial charge >= 0.3 is 0 Å².